The van der Waals surface area contributed by atoms with Gasteiger partial charge in [-0.3, -0.25) is 0 Å². The monoisotopic (exact) mass is 312 g/mol. The van der Waals surface area contributed by atoms with Crippen LogP contribution in [0.4, 0.5) is 5.69 Å². The Hall–Kier alpha value is -1.39. The molecule has 2 rings (SSSR count). The number of para-hydroxylation sites is 1. The smallest absolute Gasteiger partial charge is 0.157 e. The quantitative estimate of drug-likeness (QED) is 0.471. The minimum Gasteiger partial charge on any atom is -0.485 e. The van der Waals surface area contributed by atoms with Crippen LogP contribution in [-0.2, 0) is 0 Å². The summed E-state index contributed by atoms with van der Waals surface area (Å²) in [6, 6.07) is 5.91. The van der Waals surface area contributed by atoms with E-state index in [2.05, 4.69) is 30.9 Å². The number of rotatable bonds is 2. The van der Waals surface area contributed by atoms with Crippen molar-refractivity contribution < 1.29 is 4.74 Å². The molecule has 98 valence electrons. The van der Waals surface area contributed by atoms with Crippen LogP contribution in [0.3, 0.4) is 0 Å². The van der Waals surface area contributed by atoms with Gasteiger partial charge in [0.1, 0.15) is 6.10 Å². The van der Waals surface area contributed by atoms with E-state index in [0.717, 1.165) is 22.5 Å². The van der Waals surface area contributed by atoms with E-state index < -0.39 is 0 Å². The van der Waals surface area contributed by atoms with Crippen LogP contribution in [0.15, 0.2) is 27.8 Å². The van der Waals surface area contributed by atoms with Gasteiger partial charge in [0.05, 0.1) is 23.2 Å². The number of benzene rings is 1. The molecule has 0 amide bonds. The van der Waals surface area contributed by atoms with Crippen LogP contribution in [0, 0.1) is 0 Å². The van der Waals surface area contributed by atoms with Crippen molar-refractivity contribution in [3.8, 4) is 5.75 Å². The van der Waals surface area contributed by atoms with Gasteiger partial charge in [0, 0.05) is 12.0 Å². The molecule has 1 heterocycles. The van der Waals surface area contributed by atoms with Crippen molar-refractivity contribution in [1.82, 2.24) is 0 Å². The van der Waals surface area contributed by atoms with E-state index in [9.17, 15) is 0 Å². The van der Waals surface area contributed by atoms with Gasteiger partial charge in [-0.25, -0.2) is 0 Å². The molecule has 0 spiro atoms. The zero-order valence-corrected chi connectivity index (χ0v) is 12.4. The van der Waals surface area contributed by atoms with Gasteiger partial charge in [0.25, 0.3) is 0 Å². The molecule has 0 aliphatic carbocycles. The second-order valence-corrected chi connectivity index (χ2v) is 4.48. The Bertz CT molecular complexity index is 446. The lowest BCUT2D eigenvalue weighted by Crippen LogP contribution is -2.39. The summed E-state index contributed by atoms with van der Waals surface area (Å²) in [5, 5.41) is 3.55. The fourth-order valence-corrected chi connectivity index (χ4v) is 2.19. The van der Waals surface area contributed by atoms with Crippen molar-refractivity contribution in [2.45, 2.75) is 20.0 Å². The van der Waals surface area contributed by atoms with E-state index in [1.807, 2.05) is 39.1 Å². The molecule has 18 heavy (non-hydrogen) atoms. The third kappa shape index (κ3) is 3.31. The van der Waals surface area contributed by atoms with Crippen molar-refractivity contribution in [2.24, 2.45) is 5.11 Å². The minimum absolute atomic E-state index is 0.0906. The highest BCUT2D eigenvalue weighted by Crippen LogP contribution is 2.38. The molecule has 1 aliphatic heterocycles. The fraction of sp³-hybridized carbons (Fsp3) is 0.500. The number of hydrogen-bond acceptors (Lipinski definition) is 3. The van der Waals surface area contributed by atoms with Crippen LogP contribution < -0.4 is 9.64 Å². The lowest BCUT2D eigenvalue weighted by Gasteiger charge is -2.33. The van der Waals surface area contributed by atoms with Gasteiger partial charge in [-0.2, -0.15) is 0 Å². The molecule has 1 atom stereocenters. The van der Waals surface area contributed by atoms with Gasteiger partial charge in [-0.15, -0.1) is 0 Å². The molecular weight excluding hydrogens is 296 g/mol. The van der Waals surface area contributed by atoms with E-state index in [-0.39, 0.29) is 6.10 Å². The largest absolute Gasteiger partial charge is 0.485 e. The summed E-state index contributed by atoms with van der Waals surface area (Å²) in [5.74, 6) is 0.814. The maximum absolute atomic E-state index is 8.29. The second kappa shape index (κ2) is 7.13. The van der Waals surface area contributed by atoms with Gasteiger partial charge in [-0.1, -0.05) is 25.0 Å². The van der Waals surface area contributed by atoms with E-state index in [1.165, 1.54) is 0 Å². The third-order valence-electron chi connectivity index (χ3n) is 2.47. The summed E-state index contributed by atoms with van der Waals surface area (Å²) in [7, 11) is 2.00. The summed E-state index contributed by atoms with van der Waals surface area (Å²) in [6.45, 7) is 5.07. The van der Waals surface area contributed by atoms with Gasteiger partial charge in [0.2, 0.25) is 0 Å². The lowest BCUT2D eigenvalue weighted by molar-refractivity contribution is 0.202. The number of ether oxygens (including phenoxy) is 1. The molecule has 0 radical (unpaired) electrons. The Kier molecular flexibility index (Phi) is 5.82. The molecule has 1 aromatic carbocycles. The van der Waals surface area contributed by atoms with E-state index in [0.29, 0.717) is 6.54 Å². The Balaban J connectivity index is 0.000000771. The van der Waals surface area contributed by atoms with Crippen molar-refractivity contribution in [1.29, 1.82) is 0 Å². The van der Waals surface area contributed by atoms with Crippen LogP contribution in [-0.4, -0.2) is 26.2 Å². The average Bonchev–Trinajstić information content (AvgIpc) is 2.40. The highest BCUT2D eigenvalue weighted by atomic mass is 79.9. The predicted octanol–water partition coefficient (Wildman–Crippen LogP) is 3.98. The first-order chi connectivity index (χ1) is 8.72. The predicted molar refractivity (Wildman–Crippen MR) is 77.2 cm³/mol. The Labute approximate surface area is 115 Å². The molecule has 0 bridgehead atoms. The molecule has 1 aromatic rings. The molecule has 0 fully saturated rings. The fourth-order valence-electron chi connectivity index (χ4n) is 1.75. The molecule has 1 aliphatic rings. The minimum atomic E-state index is -0.0906. The average molecular weight is 313 g/mol. The molecule has 5 nitrogen and oxygen atoms in total. The van der Waals surface area contributed by atoms with Crippen molar-refractivity contribution in [3.05, 3.63) is 33.1 Å². The summed E-state index contributed by atoms with van der Waals surface area (Å²) in [6.07, 6.45) is -0.0906. The number of azide groups is 1. The zero-order chi connectivity index (χ0) is 13.5. The Morgan fingerprint density at radius 2 is 2.28 bits per heavy atom. The van der Waals surface area contributed by atoms with Crippen molar-refractivity contribution in [2.75, 3.05) is 25.0 Å². The first-order valence-electron chi connectivity index (χ1n) is 5.89. The normalized spacial score (nSPS) is 16.7. The van der Waals surface area contributed by atoms with Crippen LogP contribution in [0.25, 0.3) is 10.4 Å². The van der Waals surface area contributed by atoms with Crippen molar-refractivity contribution in [3.63, 3.8) is 0 Å². The van der Waals surface area contributed by atoms with Gasteiger partial charge in [-0.05, 0) is 33.6 Å². The number of hydrogen-bond donors (Lipinski definition) is 0. The summed E-state index contributed by atoms with van der Waals surface area (Å²) in [5.41, 5.74) is 9.34. The Morgan fingerprint density at radius 1 is 1.56 bits per heavy atom. The second-order valence-electron chi connectivity index (χ2n) is 3.62. The number of nitrogens with zero attached hydrogens (tertiary/aromatic N) is 4. The van der Waals surface area contributed by atoms with Crippen LogP contribution in [0.1, 0.15) is 13.8 Å². The highest BCUT2D eigenvalue weighted by molar-refractivity contribution is 9.10. The topological polar surface area (TPSA) is 61.2 Å². The van der Waals surface area contributed by atoms with Gasteiger partial charge >= 0.3 is 0 Å². The molecular formula is C12H17BrN4O. The third-order valence-corrected chi connectivity index (χ3v) is 3.09. The number of likely N-dealkylation sites (N-methyl/N-ethyl adjacent to an activating group) is 1. The summed E-state index contributed by atoms with van der Waals surface area (Å²) in [4.78, 5) is 4.85. The lowest BCUT2D eigenvalue weighted by atomic mass is 10.2. The first kappa shape index (κ1) is 14.7. The van der Waals surface area contributed by atoms with E-state index in [1.54, 1.807) is 0 Å². The Morgan fingerprint density at radius 3 is 2.94 bits per heavy atom. The van der Waals surface area contributed by atoms with Gasteiger partial charge < -0.3 is 9.64 Å². The van der Waals surface area contributed by atoms with Crippen LogP contribution in [0.5, 0.6) is 5.75 Å². The van der Waals surface area contributed by atoms with E-state index >= 15 is 0 Å². The number of halogens is 1. The first-order valence-corrected chi connectivity index (χ1v) is 6.69. The number of fused-ring (bicyclic) bond motifs is 1. The summed E-state index contributed by atoms with van der Waals surface area (Å²) < 4.78 is 6.70. The zero-order valence-electron chi connectivity index (χ0n) is 10.8. The molecule has 0 N–H and O–H groups in total. The standard InChI is InChI=1S/C10H11BrN4O.C2H6/c1-15-6-7(5-13-14-12)16-10-8(11)3-2-4-9(10)15;1-2/h2-4,7H,5-6H2,1H3;1-2H3. The molecule has 0 saturated heterocycles. The molecule has 0 saturated carbocycles. The van der Waals surface area contributed by atoms with Gasteiger partial charge in [0.15, 0.2) is 5.75 Å². The highest BCUT2D eigenvalue weighted by Gasteiger charge is 2.24. The van der Waals surface area contributed by atoms with E-state index in [4.69, 9.17) is 10.3 Å². The van der Waals surface area contributed by atoms with Crippen LogP contribution >= 0.6 is 15.9 Å². The van der Waals surface area contributed by atoms with Crippen molar-refractivity contribution >= 4 is 21.6 Å². The molecule has 0 aromatic heterocycles. The summed E-state index contributed by atoms with van der Waals surface area (Å²) >= 11 is 3.45. The maximum atomic E-state index is 8.29. The van der Waals surface area contributed by atoms with Crippen LogP contribution in [0.2, 0.25) is 0 Å². The molecule has 1 unspecified atom stereocenters. The maximum Gasteiger partial charge on any atom is 0.157 e. The molecule has 6 heteroatoms. The number of anilines is 1. The SMILES string of the molecule is CC.CN1CC(CN=[N+]=[N-])Oc2c(Br)cccc21.